The van der Waals surface area contributed by atoms with E-state index in [2.05, 4.69) is 28.1 Å². The molecule has 0 aromatic rings. The highest BCUT2D eigenvalue weighted by Gasteiger charge is 2.19. The van der Waals surface area contributed by atoms with E-state index >= 15 is 0 Å². The maximum Gasteiger partial charge on any atom is 0.261 e. The Morgan fingerprint density at radius 3 is 1.45 bits per heavy atom. The normalized spacial score (nSPS) is 13.2. The average Bonchev–Trinajstić information content (AvgIpc) is 2.83. The van der Waals surface area contributed by atoms with E-state index in [4.69, 9.17) is 14.0 Å². The number of sulfone groups is 1. The van der Waals surface area contributed by atoms with E-state index in [-0.39, 0.29) is 17.6 Å². The highest BCUT2D eigenvalue weighted by molar-refractivity contribution is 7.91. The van der Waals surface area contributed by atoms with Gasteiger partial charge in [0.05, 0.1) is 58.2 Å². The molecule has 0 amide bonds. The van der Waals surface area contributed by atoms with Gasteiger partial charge >= 0.3 is 0 Å². The summed E-state index contributed by atoms with van der Waals surface area (Å²) in [6.07, 6.45) is 23.7. The Bertz CT molecular complexity index is 743. The van der Waals surface area contributed by atoms with Crippen LogP contribution in [-0.4, -0.2) is 97.7 Å². The van der Waals surface area contributed by atoms with Gasteiger partial charge in [-0.3, -0.25) is 4.55 Å². The van der Waals surface area contributed by atoms with Crippen molar-refractivity contribution < 1.29 is 35.3 Å². The number of nitrogens with zero attached hydrogens (tertiary/aromatic N) is 1. The zero-order valence-electron chi connectivity index (χ0n) is 27.0. The number of rotatable bonds is 27. The molecule has 0 aliphatic heterocycles. The molecule has 0 saturated heterocycles. The Morgan fingerprint density at radius 1 is 0.675 bits per heavy atom. The van der Waals surface area contributed by atoms with Gasteiger partial charge in [-0.1, -0.05) is 103 Å². The summed E-state index contributed by atoms with van der Waals surface area (Å²) in [4.78, 5) is 0. The Morgan fingerprint density at radius 2 is 1.07 bits per heavy atom. The Balaban J connectivity index is 0. The highest BCUT2D eigenvalue weighted by atomic mass is 32.2. The largest absolute Gasteiger partial charge is 0.379 e. The third kappa shape index (κ3) is 39.9. The molecular formula is C30H66NO7S2+. The van der Waals surface area contributed by atoms with Crippen LogP contribution in [0.4, 0.5) is 0 Å². The molecule has 0 fully saturated rings. The van der Waals surface area contributed by atoms with Gasteiger partial charge in [0, 0.05) is 13.7 Å². The van der Waals surface area contributed by atoms with Crippen LogP contribution in [0, 0.1) is 0 Å². The minimum atomic E-state index is -3.67. The van der Waals surface area contributed by atoms with Crippen LogP contribution < -0.4 is 0 Å². The Labute approximate surface area is 249 Å². The Hall–Kier alpha value is -0.260. The average molecular weight is 617 g/mol. The molecule has 0 spiro atoms. The summed E-state index contributed by atoms with van der Waals surface area (Å²) < 4.78 is 62.6. The zero-order chi connectivity index (χ0) is 30.8. The lowest BCUT2D eigenvalue weighted by Crippen LogP contribution is -2.35. The van der Waals surface area contributed by atoms with E-state index in [1.54, 1.807) is 7.11 Å². The van der Waals surface area contributed by atoms with Crippen molar-refractivity contribution in [2.24, 2.45) is 0 Å². The van der Waals surface area contributed by atoms with Crippen molar-refractivity contribution in [3.8, 4) is 0 Å². The molecule has 0 heterocycles. The van der Waals surface area contributed by atoms with Gasteiger partial charge in [-0.25, -0.2) is 8.42 Å². The first kappa shape index (κ1) is 41.9. The van der Waals surface area contributed by atoms with Gasteiger partial charge < -0.3 is 14.0 Å². The van der Waals surface area contributed by atoms with Crippen LogP contribution in [0.25, 0.3) is 0 Å². The summed E-state index contributed by atoms with van der Waals surface area (Å²) >= 11 is 0. The van der Waals surface area contributed by atoms with Gasteiger partial charge in [0.15, 0.2) is 9.84 Å². The van der Waals surface area contributed by atoms with E-state index in [1.807, 2.05) is 0 Å². The number of unbranched alkanes of at least 4 members (excludes halogenated alkanes) is 16. The van der Waals surface area contributed by atoms with Crippen molar-refractivity contribution in [1.29, 1.82) is 0 Å². The summed E-state index contributed by atoms with van der Waals surface area (Å²) in [6, 6.07) is 0. The molecule has 0 radical (unpaired) electrons. The molecule has 1 N–H and O–H groups in total. The molecule has 0 rings (SSSR count). The number of hydrogen-bond acceptors (Lipinski definition) is 6. The number of methoxy groups -OCH3 is 1. The van der Waals surface area contributed by atoms with E-state index in [1.165, 1.54) is 96.3 Å². The van der Waals surface area contributed by atoms with E-state index in [0.717, 1.165) is 23.9 Å². The van der Waals surface area contributed by atoms with Crippen molar-refractivity contribution in [2.75, 3.05) is 65.8 Å². The van der Waals surface area contributed by atoms with E-state index in [0.29, 0.717) is 25.9 Å². The van der Waals surface area contributed by atoms with Crippen LogP contribution in [0.5, 0.6) is 0 Å². The fourth-order valence-corrected chi connectivity index (χ4v) is 6.04. The molecule has 1 unspecified atom stereocenters. The molecule has 10 heteroatoms. The lowest BCUT2D eigenvalue weighted by atomic mass is 10.0. The highest BCUT2D eigenvalue weighted by Crippen LogP contribution is 2.14. The van der Waals surface area contributed by atoms with Gasteiger partial charge in [-0.15, -0.1) is 0 Å². The standard InChI is InChI=1S/C29H62NO4S.CH4O3S/c1-6-7-8-9-10-11-12-13-14-15-16-17-18-19-20-22-25-34-27-29(33-5)28-35(31,32)26-23-21-24-30(2,3)4;1-5(2,3)4/h29H,6-28H2,1-5H3;1H3,(H,2,3,4)/q+1;. The molecule has 8 nitrogen and oxygen atoms in total. The molecule has 0 aromatic heterocycles. The molecule has 40 heavy (non-hydrogen) atoms. The number of hydrogen-bond donors (Lipinski definition) is 1. The predicted molar refractivity (Wildman–Crippen MR) is 169 cm³/mol. The maximum atomic E-state index is 12.4. The monoisotopic (exact) mass is 616 g/mol. The molecule has 244 valence electrons. The summed E-state index contributed by atoms with van der Waals surface area (Å²) in [7, 11) is 1.21. The van der Waals surface area contributed by atoms with Crippen LogP contribution in [0.15, 0.2) is 0 Å². The molecule has 0 bridgehead atoms. The summed E-state index contributed by atoms with van der Waals surface area (Å²) in [5, 5.41) is 0. The van der Waals surface area contributed by atoms with E-state index in [9.17, 15) is 16.8 Å². The molecule has 0 aromatic carbocycles. The molecule has 0 saturated carbocycles. The third-order valence-electron chi connectivity index (χ3n) is 6.75. The second-order valence-electron chi connectivity index (χ2n) is 12.3. The lowest BCUT2D eigenvalue weighted by Gasteiger charge is -2.23. The second kappa shape index (κ2) is 26.4. The van der Waals surface area contributed by atoms with Crippen molar-refractivity contribution in [2.45, 2.75) is 129 Å². The second-order valence-corrected chi connectivity index (χ2v) is 16.0. The number of ether oxygens (including phenoxy) is 2. The van der Waals surface area contributed by atoms with Crippen LogP contribution in [0.1, 0.15) is 122 Å². The van der Waals surface area contributed by atoms with E-state index < -0.39 is 20.0 Å². The Kier molecular flexibility index (Phi) is 27.6. The van der Waals surface area contributed by atoms with Crippen molar-refractivity contribution >= 4 is 20.0 Å². The van der Waals surface area contributed by atoms with Gasteiger partial charge in [0.25, 0.3) is 10.1 Å². The van der Waals surface area contributed by atoms with Gasteiger partial charge in [0.2, 0.25) is 0 Å². The van der Waals surface area contributed by atoms with Crippen LogP contribution in [-0.2, 0) is 29.4 Å². The molecule has 0 aliphatic carbocycles. The van der Waals surface area contributed by atoms with Crippen LogP contribution in [0.3, 0.4) is 0 Å². The lowest BCUT2D eigenvalue weighted by molar-refractivity contribution is -0.870. The fourth-order valence-electron chi connectivity index (χ4n) is 4.43. The predicted octanol–water partition coefficient (Wildman–Crippen LogP) is 6.68. The minimum absolute atomic E-state index is 0.0623. The summed E-state index contributed by atoms with van der Waals surface area (Å²) in [6.45, 7) is 4.34. The SMILES string of the molecule is CCCCCCCCCCCCCCCCCCOCC(CS(=O)(=O)CCCC[N+](C)(C)C)OC.CS(=O)(=O)O. The molecule has 1 atom stereocenters. The van der Waals surface area contributed by atoms with Crippen molar-refractivity contribution in [3.63, 3.8) is 0 Å². The first-order valence-corrected chi connectivity index (χ1v) is 19.4. The summed E-state index contributed by atoms with van der Waals surface area (Å²) in [5.74, 6) is 0.304. The van der Waals surface area contributed by atoms with Gasteiger partial charge in [-0.2, -0.15) is 8.42 Å². The first-order valence-electron chi connectivity index (χ1n) is 15.7. The third-order valence-corrected chi connectivity index (χ3v) is 8.54. The summed E-state index contributed by atoms with van der Waals surface area (Å²) in [5.41, 5.74) is 0. The van der Waals surface area contributed by atoms with Crippen molar-refractivity contribution in [1.82, 2.24) is 0 Å². The zero-order valence-corrected chi connectivity index (χ0v) is 28.6. The minimum Gasteiger partial charge on any atom is -0.379 e. The topological polar surface area (TPSA) is 107 Å². The van der Waals surface area contributed by atoms with Crippen LogP contribution >= 0.6 is 0 Å². The smallest absolute Gasteiger partial charge is 0.261 e. The van der Waals surface area contributed by atoms with Gasteiger partial charge in [-0.05, 0) is 19.3 Å². The fraction of sp³-hybridized carbons (Fsp3) is 1.00. The van der Waals surface area contributed by atoms with Gasteiger partial charge in [0.1, 0.15) is 0 Å². The van der Waals surface area contributed by atoms with Crippen molar-refractivity contribution in [3.05, 3.63) is 0 Å². The molecular weight excluding hydrogens is 550 g/mol. The quantitative estimate of drug-likeness (QED) is 0.0623. The molecule has 0 aliphatic rings. The van der Waals surface area contributed by atoms with Crippen LogP contribution in [0.2, 0.25) is 0 Å². The first-order chi connectivity index (χ1) is 18.7. The maximum absolute atomic E-state index is 12.4. The number of quaternary nitrogens is 1.